The second-order valence-electron chi connectivity index (χ2n) is 4.83. The highest BCUT2D eigenvalue weighted by atomic mass is 35.5. The van der Waals surface area contributed by atoms with Gasteiger partial charge in [-0.25, -0.2) is 0 Å². The summed E-state index contributed by atoms with van der Waals surface area (Å²) in [6.07, 6.45) is -2.89. The molecule has 0 saturated heterocycles. The van der Waals surface area contributed by atoms with Gasteiger partial charge in [0.1, 0.15) is 0 Å². The number of nitrogens with one attached hydrogen (secondary N) is 2. The van der Waals surface area contributed by atoms with Gasteiger partial charge in [0.15, 0.2) is 0 Å². The molecule has 0 atom stereocenters. The molecule has 0 spiro atoms. The quantitative estimate of drug-likeness (QED) is 0.594. The van der Waals surface area contributed by atoms with Gasteiger partial charge in [-0.05, 0) is 42.7 Å². The zero-order valence-corrected chi connectivity index (χ0v) is 14.4. The van der Waals surface area contributed by atoms with E-state index in [0.717, 1.165) is 11.0 Å². The molecule has 0 aromatic heterocycles. The van der Waals surface area contributed by atoms with Crippen LogP contribution in [0, 0.1) is 0 Å². The van der Waals surface area contributed by atoms with Crippen molar-refractivity contribution in [2.75, 3.05) is 16.9 Å². The smallest absolute Gasteiger partial charge is 0.318 e. The van der Waals surface area contributed by atoms with Gasteiger partial charge in [0.05, 0.1) is 11.3 Å². The lowest BCUT2D eigenvalue weighted by molar-refractivity contribution is -0.137. The molecule has 0 radical (unpaired) electrons. The Bertz CT molecular complexity index is 812. The van der Waals surface area contributed by atoms with Gasteiger partial charge in [-0.3, -0.25) is 9.59 Å². The molecule has 0 unspecified atom stereocenters. The number of halogens is 4. The summed E-state index contributed by atoms with van der Waals surface area (Å²) in [6.45, 7) is 0. The molecule has 2 aromatic rings. The van der Waals surface area contributed by atoms with Crippen molar-refractivity contribution in [1.82, 2.24) is 0 Å². The van der Waals surface area contributed by atoms with Crippen LogP contribution in [-0.2, 0) is 15.8 Å². The standard InChI is InChI=1S/C16H12ClF3N2O2S/c1-25-11-4-2-3-10(8-11)21-14(23)15(24)22-13-6-5-9(17)7-12(13)16(18,19)20/h2-8H,1H3,(H,21,23)(H,22,24). The molecule has 2 aromatic carbocycles. The molecule has 132 valence electrons. The molecule has 0 aliphatic carbocycles. The number of rotatable bonds is 3. The number of alkyl halides is 3. The molecule has 0 saturated carbocycles. The summed E-state index contributed by atoms with van der Waals surface area (Å²) in [5.41, 5.74) is -1.32. The Morgan fingerprint density at radius 2 is 1.72 bits per heavy atom. The zero-order chi connectivity index (χ0) is 18.6. The minimum absolute atomic E-state index is 0.136. The third-order valence-corrected chi connectivity index (χ3v) is 4.03. The molecule has 4 nitrogen and oxygen atoms in total. The Kier molecular flexibility index (Phi) is 5.97. The lowest BCUT2D eigenvalue weighted by Crippen LogP contribution is -2.30. The van der Waals surface area contributed by atoms with Crippen LogP contribution in [0.25, 0.3) is 0 Å². The Balaban J connectivity index is 2.15. The fourth-order valence-electron chi connectivity index (χ4n) is 1.93. The summed E-state index contributed by atoms with van der Waals surface area (Å²) in [6, 6.07) is 9.55. The average Bonchev–Trinajstić information content (AvgIpc) is 2.55. The lowest BCUT2D eigenvalue weighted by atomic mass is 10.1. The van der Waals surface area contributed by atoms with Crippen LogP contribution in [0.15, 0.2) is 47.4 Å². The first-order chi connectivity index (χ1) is 11.7. The topological polar surface area (TPSA) is 58.2 Å². The van der Waals surface area contributed by atoms with Gasteiger partial charge >= 0.3 is 18.0 Å². The number of anilines is 2. The fraction of sp³-hybridized carbons (Fsp3) is 0.125. The van der Waals surface area contributed by atoms with Gasteiger partial charge in [-0.1, -0.05) is 17.7 Å². The number of thioether (sulfide) groups is 1. The minimum Gasteiger partial charge on any atom is -0.318 e. The lowest BCUT2D eigenvalue weighted by Gasteiger charge is -2.14. The van der Waals surface area contributed by atoms with Gasteiger partial charge in [0, 0.05) is 15.6 Å². The second kappa shape index (κ2) is 7.79. The summed E-state index contributed by atoms with van der Waals surface area (Å²) in [7, 11) is 0. The molecule has 2 amide bonds. The van der Waals surface area contributed by atoms with Crippen molar-refractivity contribution < 1.29 is 22.8 Å². The van der Waals surface area contributed by atoms with E-state index < -0.39 is 29.2 Å². The van der Waals surface area contributed by atoms with E-state index in [0.29, 0.717) is 11.8 Å². The molecule has 0 heterocycles. The Labute approximate surface area is 150 Å². The first-order valence-electron chi connectivity index (χ1n) is 6.84. The number of hydrogen-bond acceptors (Lipinski definition) is 3. The van der Waals surface area contributed by atoms with Crippen molar-refractivity contribution >= 4 is 46.6 Å². The maximum Gasteiger partial charge on any atom is 0.418 e. The Morgan fingerprint density at radius 3 is 2.36 bits per heavy atom. The number of carbonyl (C=O) groups excluding carboxylic acids is 2. The van der Waals surface area contributed by atoms with Crippen LogP contribution >= 0.6 is 23.4 Å². The second-order valence-corrected chi connectivity index (χ2v) is 6.14. The molecule has 25 heavy (non-hydrogen) atoms. The van der Waals surface area contributed by atoms with E-state index in [2.05, 4.69) is 5.32 Å². The highest BCUT2D eigenvalue weighted by Gasteiger charge is 2.34. The first kappa shape index (κ1) is 19.1. The average molecular weight is 389 g/mol. The van der Waals surface area contributed by atoms with Crippen molar-refractivity contribution in [3.63, 3.8) is 0 Å². The highest BCUT2D eigenvalue weighted by molar-refractivity contribution is 7.98. The van der Waals surface area contributed by atoms with E-state index in [1.165, 1.54) is 17.8 Å². The molecule has 0 aliphatic rings. The van der Waals surface area contributed by atoms with E-state index >= 15 is 0 Å². The van der Waals surface area contributed by atoms with E-state index in [4.69, 9.17) is 11.6 Å². The molecule has 0 fully saturated rings. The van der Waals surface area contributed by atoms with Crippen molar-refractivity contribution in [2.24, 2.45) is 0 Å². The van der Waals surface area contributed by atoms with Crippen molar-refractivity contribution in [3.8, 4) is 0 Å². The molecule has 0 aliphatic heterocycles. The summed E-state index contributed by atoms with van der Waals surface area (Å²) in [4.78, 5) is 24.7. The maximum absolute atomic E-state index is 13.0. The van der Waals surface area contributed by atoms with Gasteiger partial charge in [0.25, 0.3) is 0 Å². The highest BCUT2D eigenvalue weighted by Crippen LogP contribution is 2.36. The van der Waals surface area contributed by atoms with Gasteiger partial charge < -0.3 is 10.6 Å². The third-order valence-electron chi connectivity index (χ3n) is 3.07. The SMILES string of the molecule is CSc1cccc(NC(=O)C(=O)Nc2ccc(Cl)cc2C(F)(F)F)c1. The van der Waals surface area contributed by atoms with Crippen LogP contribution in [-0.4, -0.2) is 18.1 Å². The van der Waals surface area contributed by atoms with Crippen LogP contribution < -0.4 is 10.6 Å². The van der Waals surface area contributed by atoms with Crippen molar-refractivity contribution in [2.45, 2.75) is 11.1 Å². The van der Waals surface area contributed by atoms with E-state index in [1.54, 1.807) is 18.2 Å². The van der Waals surface area contributed by atoms with Crippen LogP contribution in [0.5, 0.6) is 0 Å². The number of hydrogen-bond donors (Lipinski definition) is 2. The van der Waals surface area contributed by atoms with Crippen molar-refractivity contribution in [3.05, 3.63) is 53.1 Å². The largest absolute Gasteiger partial charge is 0.418 e. The normalized spacial score (nSPS) is 11.1. The van der Waals surface area contributed by atoms with E-state index in [9.17, 15) is 22.8 Å². The summed E-state index contributed by atoms with van der Waals surface area (Å²) in [5, 5.41) is 4.16. The van der Waals surface area contributed by atoms with Crippen LogP contribution in [0.2, 0.25) is 5.02 Å². The minimum atomic E-state index is -4.73. The molecule has 0 bridgehead atoms. The van der Waals surface area contributed by atoms with Gasteiger partial charge in [-0.15, -0.1) is 11.8 Å². The molecule has 2 N–H and O–H groups in total. The molecular weight excluding hydrogens is 377 g/mol. The fourth-order valence-corrected chi connectivity index (χ4v) is 2.56. The monoisotopic (exact) mass is 388 g/mol. The van der Waals surface area contributed by atoms with E-state index in [1.807, 2.05) is 17.6 Å². The summed E-state index contributed by atoms with van der Waals surface area (Å²) < 4.78 is 39.0. The summed E-state index contributed by atoms with van der Waals surface area (Å²) in [5.74, 6) is -2.30. The molecule has 2 rings (SSSR count). The first-order valence-corrected chi connectivity index (χ1v) is 8.44. The van der Waals surface area contributed by atoms with Crippen LogP contribution in [0.1, 0.15) is 5.56 Å². The number of amides is 2. The van der Waals surface area contributed by atoms with Gasteiger partial charge in [0.2, 0.25) is 0 Å². The molecule has 9 heteroatoms. The third kappa shape index (κ3) is 5.14. The van der Waals surface area contributed by atoms with Crippen LogP contribution in [0.4, 0.5) is 24.5 Å². The number of benzene rings is 2. The maximum atomic E-state index is 13.0. The van der Waals surface area contributed by atoms with Crippen molar-refractivity contribution in [1.29, 1.82) is 0 Å². The predicted octanol–water partition coefficient (Wildman–Crippen LogP) is 4.66. The van der Waals surface area contributed by atoms with Gasteiger partial charge in [-0.2, -0.15) is 13.2 Å². The predicted molar refractivity (Wildman–Crippen MR) is 91.9 cm³/mol. The van der Waals surface area contributed by atoms with E-state index in [-0.39, 0.29) is 5.02 Å². The number of carbonyl (C=O) groups is 2. The van der Waals surface area contributed by atoms with Crippen LogP contribution in [0.3, 0.4) is 0 Å². The summed E-state index contributed by atoms with van der Waals surface area (Å²) >= 11 is 7.00. The Hall–Kier alpha value is -2.19. The zero-order valence-electron chi connectivity index (χ0n) is 12.8. The Morgan fingerprint density at radius 1 is 1.04 bits per heavy atom. The molecular formula is C16H12ClF3N2O2S.